The molecule has 0 radical (unpaired) electrons. The van der Waals surface area contributed by atoms with E-state index in [1.165, 1.54) is 34.6 Å². The van der Waals surface area contributed by atoms with E-state index in [0.29, 0.717) is 5.41 Å². The molecule has 0 atom stereocenters. The van der Waals surface area contributed by atoms with E-state index in [2.05, 4.69) is 42.5 Å². The molecule has 0 aliphatic heterocycles. The Morgan fingerprint density at radius 2 is 1.83 bits per heavy atom. The molecule has 2 N–H and O–H groups in total. The Hall–Kier alpha value is -1.12. The van der Waals surface area contributed by atoms with Crippen molar-refractivity contribution < 1.29 is 0 Å². The average molecular weight is 257 g/mol. The second kappa shape index (κ2) is 4.87. The molecule has 0 bridgehead atoms. The standard InChI is InChI=1S/C16H19NS/c17-12-11-16(9-4-10-16)15-8-7-14(18-15)13-5-2-1-3-6-13/h1-3,5-8H,4,9-12,17H2. The molecular formula is C16H19NS. The number of hydrogen-bond acceptors (Lipinski definition) is 2. The van der Waals surface area contributed by atoms with E-state index in [1.54, 1.807) is 0 Å². The van der Waals surface area contributed by atoms with E-state index in [-0.39, 0.29) is 0 Å². The lowest BCUT2D eigenvalue weighted by Crippen LogP contribution is -2.35. The Morgan fingerprint density at radius 1 is 1.06 bits per heavy atom. The lowest BCUT2D eigenvalue weighted by molar-refractivity contribution is 0.235. The summed E-state index contributed by atoms with van der Waals surface area (Å²) in [5.41, 5.74) is 7.52. The molecule has 18 heavy (non-hydrogen) atoms. The summed E-state index contributed by atoms with van der Waals surface area (Å²) in [5.74, 6) is 0. The average Bonchev–Trinajstić information content (AvgIpc) is 2.84. The van der Waals surface area contributed by atoms with Gasteiger partial charge in [-0.25, -0.2) is 0 Å². The number of hydrogen-bond donors (Lipinski definition) is 1. The van der Waals surface area contributed by atoms with Crippen LogP contribution in [0.5, 0.6) is 0 Å². The summed E-state index contributed by atoms with van der Waals surface area (Å²) in [7, 11) is 0. The summed E-state index contributed by atoms with van der Waals surface area (Å²) < 4.78 is 0. The van der Waals surface area contributed by atoms with Crippen molar-refractivity contribution in [2.45, 2.75) is 31.1 Å². The first-order valence-electron chi connectivity index (χ1n) is 6.70. The van der Waals surface area contributed by atoms with Crippen LogP contribution < -0.4 is 5.73 Å². The molecular weight excluding hydrogens is 238 g/mol. The minimum atomic E-state index is 0.409. The van der Waals surface area contributed by atoms with Crippen molar-refractivity contribution in [2.75, 3.05) is 6.54 Å². The molecule has 1 aromatic heterocycles. The summed E-state index contributed by atoms with van der Waals surface area (Å²) in [6, 6.07) is 15.2. The van der Waals surface area contributed by atoms with Crippen LogP contribution in [0, 0.1) is 0 Å². The zero-order valence-corrected chi connectivity index (χ0v) is 11.4. The maximum absolute atomic E-state index is 5.78. The van der Waals surface area contributed by atoms with Gasteiger partial charge in [0.2, 0.25) is 0 Å². The lowest BCUT2D eigenvalue weighted by Gasteiger charge is -2.41. The fourth-order valence-corrected chi connectivity index (χ4v) is 4.17. The highest BCUT2D eigenvalue weighted by molar-refractivity contribution is 7.15. The molecule has 1 aliphatic carbocycles. The van der Waals surface area contributed by atoms with Crippen LogP contribution in [-0.2, 0) is 5.41 Å². The number of thiophene rings is 1. The largest absolute Gasteiger partial charge is 0.330 e. The summed E-state index contributed by atoms with van der Waals surface area (Å²) in [5, 5.41) is 0. The number of nitrogens with two attached hydrogens (primary N) is 1. The molecule has 1 nitrogen and oxygen atoms in total. The van der Waals surface area contributed by atoms with Gasteiger partial charge >= 0.3 is 0 Å². The van der Waals surface area contributed by atoms with Gasteiger partial charge in [0.15, 0.2) is 0 Å². The van der Waals surface area contributed by atoms with Gasteiger partial charge in [-0.05, 0) is 43.5 Å². The maximum atomic E-state index is 5.78. The Bertz CT molecular complexity index is 511. The normalized spacial score (nSPS) is 17.4. The fourth-order valence-electron chi connectivity index (χ4n) is 2.88. The minimum Gasteiger partial charge on any atom is -0.330 e. The molecule has 0 spiro atoms. The highest BCUT2D eigenvalue weighted by atomic mass is 32.1. The molecule has 2 aromatic rings. The SMILES string of the molecule is NCCC1(c2ccc(-c3ccccc3)s2)CCC1. The summed E-state index contributed by atoms with van der Waals surface area (Å²) in [6.07, 6.45) is 5.14. The Balaban J connectivity index is 1.90. The van der Waals surface area contributed by atoms with Crippen molar-refractivity contribution in [1.82, 2.24) is 0 Å². The van der Waals surface area contributed by atoms with Gasteiger partial charge in [-0.15, -0.1) is 11.3 Å². The second-order valence-corrected chi connectivity index (χ2v) is 6.29. The molecule has 2 heteroatoms. The maximum Gasteiger partial charge on any atom is 0.0345 e. The lowest BCUT2D eigenvalue weighted by atomic mass is 9.66. The first kappa shape index (κ1) is 11.9. The molecule has 3 rings (SSSR count). The van der Waals surface area contributed by atoms with Crippen LogP contribution in [-0.4, -0.2) is 6.54 Å². The summed E-state index contributed by atoms with van der Waals surface area (Å²) >= 11 is 1.95. The third kappa shape index (κ3) is 2.00. The Morgan fingerprint density at radius 3 is 2.44 bits per heavy atom. The molecule has 1 aliphatic rings. The molecule has 0 saturated heterocycles. The van der Waals surface area contributed by atoms with Gasteiger partial charge in [0.1, 0.15) is 0 Å². The van der Waals surface area contributed by atoms with Crippen molar-refractivity contribution in [3.63, 3.8) is 0 Å². The molecule has 94 valence electrons. The topological polar surface area (TPSA) is 26.0 Å². The van der Waals surface area contributed by atoms with E-state index < -0.39 is 0 Å². The van der Waals surface area contributed by atoms with E-state index in [1.807, 2.05) is 11.3 Å². The third-order valence-corrected chi connectivity index (χ3v) is 5.50. The van der Waals surface area contributed by atoms with Gasteiger partial charge < -0.3 is 5.73 Å². The molecule has 1 heterocycles. The van der Waals surface area contributed by atoms with Gasteiger partial charge in [0.25, 0.3) is 0 Å². The monoisotopic (exact) mass is 257 g/mol. The van der Waals surface area contributed by atoms with Gasteiger partial charge in [0, 0.05) is 15.2 Å². The van der Waals surface area contributed by atoms with Crippen molar-refractivity contribution >= 4 is 11.3 Å². The molecule has 1 aromatic carbocycles. The predicted molar refractivity (Wildman–Crippen MR) is 79.0 cm³/mol. The molecule has 1 fully saturated rings. The van der Waals surface area contributed by atoms with Crippen LogP contribution >= 0.6 is 11.3 Å². The third-order valence-electron chi connectivity index (χ3n) is 4.12. The van der Waals surface area contributed by atoms with Gasteiger partial charge in [-0.1, -0.05) is 36.8 Å². The van der Waals surface area contributed by atoms with Gasteiger partial charge in [0.05, 0.1) is 0 Å². The quantitative estimate of drug-likeness (QED) is 0.873. The van der Waals surface area contributed by atoms with Crippen molar-refractivity contribution in [3.8, 4) is 10.4 Å². The van der Waals surface area contributed by atoms with E-state index in [4.69, 9.17) is 5.73 Å². The number of benzene rings is 1. The van der Waals surface area contributed by atoms with Crippen molar-refractivity contribution in [2.24, 2.45) is 5.73 Å². The van der Waals surface area contributed by atoms with Crippen molar-refractivity contribution in [1.29, 1.82) is 0 Å². The van der Waals surface area contributed by atoms with E-state index in [9.17, 15) is 0 Å². The molecule has 1 saturated carbocycles. The highest BCUT2D eigenvalue weighted by Crippen LogP contribution is 2.49. The van der Waals surface area contributed by atoms with Crippen LogP contribution in [0.4, 0.5) is 0 Å². The van der Waals surface area contributed by atoms with Gasteiger partial charge in [-0.3, -0.25) is 0 Å². The smallest absolute Gasteiger partial charge is 0.0345 e. The van der Waals surface area contributed by atoms with Crippen molar-refractivity contribution in [3.05, 3.63) is 47.3 Å². The van der Waals surface area contributed by atoms with E-state index in [0.717, 1.165) is 13.0 Å². The van der Waals surface area contributed by atoms with Crippen LogP contribution in [0.2, 0.25) is 0 Å². The second-order valence-electron chi connectivity index (χ2n) is 5.20. The van der Waals surface area contributed by atoms with Crippen LogP contribution in [0.25, 0.3) is 10.4 Å². The highest BCUT2D eigenvalue weighted by Gasteiger charge is 2.38. The van der Waals surface area contributed by atoms with Crippen LogP contribution in [0.15, 0.2) is 42.5 Å². The van der Waals surface area contributed by atoms with Crippen LogP contribution in [0.1, 0.15) is 30.6 Å². The Labute approximate surface area is 113 Å². The van der Waals surface area contributed by atoms with Gasteiger partial charge in [-0.2, -0.15) is 0 Å². The fraction of sp³-hybridized carbons (Fsp3) is 0.375. The molecule has 0 unspecified atom stereocenters. The minimum absolute atomic E-state index is 0.409. The first-order valence-corrected chi connectivity index (χ1v) is 7.52. The summed E-state index contributed by atoms with van der Waals surface area (Å²) in [6.45, 7) is 0.804. The summed E-state index contributed by atoms with van der Waals surface area (Å²) in [4.78, 5) is 2.92. The number of rotatable bonds is 4. The molecule has 0 amide bonds. The Kier molecular flexibility index (Phi) is 3.23. The zero-order valence-electron chi connectivity index (χ0n) is 10.6. The predicted octanol–water partition coefficient (Wildman–Crippen LogP) is 4.19. The van der Waals surface area contributed by atoms with Crippen LogP contribution in [0.3, 0.4) is 0 Å². The zero-order chi connectivity index (χ0) is 12.4. The first-order chi connectivity index (χ1) is 8.84. The van der Waals surface area contributed by atoms with E-state index >= 15 is 0 Å².